The summed E-state index contributed by atoms with van der Waals surface area (Å²) in [6.45, 7) is 0.301. The molecule has 1 N–H and O–H groups in total. The van der Waals surface area contributed by atoms with E-state index in [2.05, 4.69) is 17.5 Å². The number of benzene rings is 1. The minimum absolute atomic E-state index is 0.114. The largest absolute Gasteiger partial charge is 0.467 e. The molecular formula is C21H18N2O4. The van der Waals surface area contributed by atoms with Crippen LogP contribution < -0.4 is 10.2 Å². The Morgan fingerprint density at radius 3 is 2.30 bits per heavy atom. The Labute approximate surface area is 155 Å². The number of nitrogens with zero attached hydrogens (tertiary/aromatic N) is 1. The van der Waals surface area contributed by atoms with Crippen LogP contribution in [0.2, 0.25) is 0 Å². The van der Waals surface area contributed by atoms with Crippen molar-refractivity contribution >= 4 is 23.4 Å². The minimum atomic E-state index is -0.240. The van der Waals surface area contributed by atoms with E-state index < -0.39 is 0 Å². The maximum Gasteiger partial charge on any atom is 0.251 e. The van der Waals surface area contributed by atoms with E-state index in [9.17, 15) is 14.4 Å². The number of carbonyl (C=O) groups is 3. The zero-order chi connectivity index (χ0) is 18.5. The second kappa shape index (κ2) is 5.94. The van der Waals surface area contributed by atoms with Crippen LogP contribution in [0.5, 0.6) is 0 Å². The van der Waals surface area contributed by atoms with E-state index in [0.717, 1.165) is 6.42 Å². The van der Waals surface area contributed by atoms with Gasteiger partial charge in [0.2, 0.25) is 11.8 Å². The SMILES string of the molecule is O=C(NCc1ccco1)c1ccc(N2C(=O)[C@@H]3[C@@H](C2=O)[C@@H]2C=C[C@@H]3C2)cc1. The van der Waals surface area contributed by atoms with E-state index in [4.69, 9.17) is 4.42 Å². The fourth-order valence-corrected chi connectivity index (χ4v) is 4.60. The molecule has 2 fully saturated rings. The van der Waals surface area contributed by atoms with Crippen molar-refractivity contribution in [2.45, 2.75) is 13.0 Å². The molecule has 2 aliphatic carbocycles. The summed E-state index contributed by atoms with van der Waals surface area (Å²) < 4.78 is 5.19. The minimum Gasteiger partial charge on any atom is -0.467 e. The van der Waals surface area contributed by atoms with Gasteiger partial charge in [0.05, 0.1) is 30.3 Å². The quantitative estimate of drug-likeness (QED) is 0.670. The van der Waals surface area contributed by atoms with E-state index >= 15 is 0 Å². The highest BCUT2D eigenvalue weighted by molar-refractivity contribution is 6.22. The molecule has 6 heteroatoms. The van der Waals surface area contributed by atoms with Crippen molar-refractivity contribution in [1.82, 2.24) is 5.32 Å². The molecule has 1 aromatic carbocycles. The molecule has 1 saturated carbocycles. The van der Waals surface area contributed by atoms with Crippen molar-refractivity contribution in [3.05, 3.63) is 66.1 Å². The molecule has 0 unspecified atom stereocenters. The standard InChI is InChI=1S/C21H18N2O4/c24-19(22-11-16-2-1-9-27-16)12-5-7-15(8-6-12)23-20(25)17-13-3-4-14(10-13)18(17)21(23)26/h1-9,13-14,17-18H,10-11H2,(H,22,24)/t13-,14-,17+,18+/m1/s1. The highest BCUT2D eigenvalue weighted by atomic mass is 16.3. The number of imide groups is 1. The highest BCUT2D eigenvalue weighted by Crippen LogP contribution is 2.53. The van der Waals surface area contributed by atoms with Crippen molar-refractivity contribution in [2.75, 3.05) is 4.90 Å². The van der Waals surface area contributed by atoms with Crippen LogP contribution in [-0.2, 0) is 16.1 Å². The van der Waals surface area contributed by atoms with Crippen molar-refractivity contribution in [3.63, 3.8) is 0 Å². The molecule has 2 heterocycles. The number of anilines is 1. The average molecular weight is 362 g/mol. The summed E-state index contributed by atoms with van der Waals surface area (Å²) in [5.41, 5.74) is 0.993. The van der Waals surface area contributed by atoms with Gasteiger partial charge >= 0.3 is 0 Å². The maximum atomic E-state index is 12.8. The molecule has 0 spiro atoms. The lowest BCUT2D eigenvalue weighted by molar-refractivity contribution is -0.123. The lowest BCUT2D eigenvalue weighted by atomic mass is 9.85. The molecule has 2 bridgehead atoms. The Morgan fingerprint density at radius 1 is 1.04 bits per heavy atom. The summed E-state index contributed by atoms with van der Waals surface area (Å²) >= 11 is 0. The Hall–Kier alpha value is -3.15. The van der Waals surface area contributed by atoms with E-state index in [0.29, 0.717) is 23.6 Å². The second-order valence-corrected chi connectivity index (χ2v) is 7.32. The summed E-state index contributed by atoms with van der Waals surface area (Å²) in [6, 6.07) is 10.1. The zero-order valence-electron chi connectivity index (χ0n) is 14.5. The maximum absolute atomic E-state index is 12.8. The number of fused-ring (bicyclic) bond motifs is 5. The summed E-state index contributed by atoms with van der Waals surface area (Å²) in [5.74, 6) is 0.140. The third kappa shape index (κ3) is 2.44. The van der Waals surface area contributed by atoms with Gasteiger partial charge in [0.15, 0.2) is 0 Å². The van der Waals surface area contributed by atoms with Crippen LogP contribution in [0.4, 0.5) is 5.69 Å². The smallest absolute Gasteiger partial charge is 0.251 e. The van der Waals surface area contributed by atoms with Gasteiger partial charge in [-0.2, -0.15) is 0 Å². The highest BCUT2D eigenvalue weighted by Gasteiger charge is 2.59. The molecule has 1 aromatic heterocycles. The van der Waals surface area contributed by atoms with Crippen LogP contribution >= 0.6 is 0 Å². The van der Waals surface area contributed by atoms with Crippen LogP contribution in [0, 0.1) is 23.7 Å². The van der Waals surface area contributed by atoms with E-state index in [1.54, 1.807) is 42.7 Å². The summed E-state index contributed by atoms with van der Waals surface area (Å²) in [6.07, 6.45) is 6.62. The van der Waals surface area contributed by atoms with Gasteiger partial charge in [-0.15, -0.1) is 0 Å². The van der Waals surface area contributed by atoms with Gasteiger partial charge in [-0.25, -0.2) is 0 Å². The van der Waals surface area contributed by atoms with Gasteiger partial charge < -0.3 is 9.73 Å². The van der Waals surface area contributed by atoms with Crippen molar-refractivity contribution in [2.24, 2.45) is 23.7 Å². The molecule has 3 aliphatic rings. The van der Waals surface area contributed by atoms with Gasteiger partial charge in [-0.05, 0) is 54.7 Å². The first-order valence-electron chi connectivity index (χ1n) is 9.10. The number of hydrogen-bond acceptors (Lipinski definition) is 4. The molecule has 1 aliphatic heterocycles. The number of allylic oxidation sites excluding steroid dienone is 2. The number of furan rings is 1. The summed E-state index contributed by atoms with van der Waals surface area (Å²) in [4.78, 5) is 39.2. The van der Waals surface area contributed by atoms with Gasteiger partial charge in [-0.1, -0.05) is 12.2 Å². The first kappa shape index (κ1) is 16.1. The predicted molar refractivity (Wildman–Crippen MR) is 96.5 cm³/mol. The molecule has 2 aromatic rings. The van der Waals surface area contributed by atoms with Crippen LogP contribution in [0.15, 0.2) is 59.2 Å². The Bertz CT molecular complexity index is 915. The molecule has 5 rings (SSSR count). The van der Waals surface area contributed by atoms with E-state index in [1.165, 1.54) is 4.90 Å². The fraction of sp³-hybridized carbons (Fsp3) is 0.286. The number of hydrogen-bond donors (Lipinski definition) is 1. The molecule has 1 saturated heterocycles. The van der Waals surface area contributed by atoms with Crippen molar-refractivity contribution in [3.8, 4) is 0 Å². The van der Waals surface area contributed by atoms with Crippen molar-refractivity contribution in [1.29, 1.82) is 0 Å². The summed E-state index contributed by atoms with van der Waals surface area (Å²) in [7, 11) is 0. The Morgan fingerprint density at radius 2 is 1.70 bits per heavy atom. The predicted octanol–water partition coefficient (Wildman–Crippen LogP) is 2.52. The molecule has 4 atom stereocenters. The zero-order valence-corrected chi connectivity index (χ0v) is 14.5. The lowest BCUT2D eigenvalue weighted by Gasteiger charge is -2.17. The molecule has 136 valence electrons. The normalized spacial score (nSPS) is 28.1. The van der Waals surface area contributed by atoms with E-state index in [-0.39, 0.29) is 41.4 Å². The van der Waals surface area contributed by atoms with Crippen molar-refractivity contribution < 1.29 is 18.8 Å². The number of nitrogens with one attached hydrogen (secondary N) is 1. The number of rotatable bonds is 4. The molecule has 0 radical (unpaired) electrons. The van der Waals surface area contributed by atoms with Gasteiger partial charge in [0.1, 0.15) is 5.76 Å². The lowest BCUT2D eigenvalue weighted by Crippen LogP contribution is -2.32. The molecule has 27 heavy (non-hydrogen) atoms. The van der Waals surface area contributed by atoms with Crippen LogP contribution in [0.3, 0.4) is 0 Å². The topological polar surface area (TPSA) is 79.6 Å². The Balaban J connectivity index is 1.31. The van der Waals surface area contributed by atoms with Gasteiger partial charge in [-0.3, -0.25) is 19.3 Å². The average Bonchev–Trinajstić information content (AvgIpc) is 3.45. The molecular weight excluding hydrogens is 344 g/mol. The van der Waals surface area contributed by atoms with Gasteiger partial charge in [0.25, 0.3) is 5.91 Å². The third-order valence-electron chi connectivity index (χ3n) is 5.86. The monoisotopic (exact) mass is 362 g/mol. The first-order chi connectivity index (χ1) is 13.1. The van der Waals surface area contributed by atoms with Crippen LogP contribution in [0.1, 0.15) is 22.5 Å². The molecule has 3 amide bonds. The second-order valence-electron chi connectivity index (χ2n) is 7.32. The van der Waals surface area contributed by atoms with E-state index in [1.807, 2.05) is 0 Å². The fourth-order valence-electron chi connectivity index (χ4n) is 4.60. The Kier molecular flexibility index (Phi) is 3.53. The first-order valence-corrected chi connectivity index (χ1v) is 9.10. The van der Waals surface area contributed by atoms with Crippen LogP contribution in [0.25, 0.3) is 0 Å². The summed E-state index contributed by atoms with van der Waals surface area (Å²) in [5, 5.41) is 2.77. The number of carbonyl (C=O) groups excluding carboxylic acids is 3. The van der Waals surface area contributed by atoms with Gasteiger partial charge in [0, 0.05) is 5.56 Å². The van der Waals surface area contributed by atoms with Crippen LogP contribution in [-0.4, -0.2) is 17.7 Å². The molecule has 6 nitrogen and oxygen atoms in total. The third-order valence-corrected chi connectivity index (χ3v) is 5.86. The number of amides is 3.